The Morgan fingerprint density at radius 1 is 1.41 bits per heavy atom. The van der Waals surface area contributed by atoms with Crippen LogP contribution in [-0.4, -0.2) is 50.6 Å². The van der Waals surface area contributed by atoms with Gasteiger partial charge in [0.1, 0.15) is 11.5 Å². The highest BCUT2D eigenvalue weighted by atomic mass is 35.5. The fourth-order valence-corrected chi connectivity index (χ4v) is 2.19. The van der Waals surface area contributed by atoms with Gasteiger partial charge in [-0.1, -0.05) is 0 Å². The number of benzene rings is 1. The predicted molar refractivity (Wildman–Crippen MR) is 86.3 cm³/mol. The quantitative estimate of drug-likeness (QED) is 0.645. The van der Waals surface area contributed by atoms with Gasteiger partial charge < -0.3 is 30.5 Å². The van der Waals surface area contributed by atoms with Crippen LogP contribution in [-0.2, 0) is 0 Å². The molecule has 1 atom stereocenters. The molecule has 0 aromatic heterocycles. The molecular formula is C14H22ClN3O4. The smallest absolute Gasteiger partial charge is 0.319 e. The zero-order chi connectivity index (χ0) is 15.3. The summed E-state index contributed by atoms with van der Waals surface area (Å²) in [6.07, 6.45) is 0.624. The van der Waals surface area contributed by atoms with E-state index in [9.17, 15) is 9.90 Å². The number of urea groups is 1. The van der Waals surface area contributed by atoms with Crippen LogP contribution in [0.15, 0.2) is 18.2 Å². The highest BCUT2D eigenvalue weighted by molar-refractivity contribution is 5.91. The van der Waals surface area contributed by atoms with Crippen LogP contribution in [0.3, 0.4) is 0 Å². The van der Waals surface area contributed by atoms with Crippen molar-refractivity contribution in [2.45, 2.75) is 12.0 Å². The number of rotatable bonds is 5. The van der Waals surface area contributed by atoms with E-state index in [0.29, 0.717) is 30.2 Å². The minimum Gasteiger partial charge on any atom is -0.497 e. The number of aliphatic hydroxyl groups is 1. The number of anilines is 1. The van der Waals surface area contributed by atoms with Gasteiger partial charge in [0, 0.05) is 19.2 Å². The van der Waals surface area contributed by atoms with Crippen LogP contribution >= 0.6 is 12.4 Å². The maximum Gasteiger partial charge on any atom is 0.319 e. The zero-order valence-electron chi connectivity index (χ0n) is 12.6. The number of amides is 2. The van der Waals surface area contributed by atoms with Crippen LogP contribution < -0.4 is 25.4 Å². The molecular weight excluding hydrogens is 310 g/mol. The number of ether oxygens (including phenoxy) is 2. The number of methoxy groups -OCH3 is 2. The van der Waals surface area contributed by atoms with E-state index in [1.165, 1.54) is 7.11 Å². The molecule has 7 nitrogen and oxygen atoms in total. The van der Waals surface area contributed by atoms with Crippen molar-refractivity contribution in [1.29, 1.82) is 0 Å². The molecule has 2 rings (SSSR count). The van der Waals surface area contributed by atoms with Gasteiger partial charge in [0.15, 0.2) is 0 Å². The molecule has 8 heteroatoms. The summed E-state index contributed by atoms with van der Waals surface area (Å²) in [5, 5.41) is 18.5. The van der Waals surface area contributed by atoms with Crippen molar-refractivity contribution in [3.05, 3.63) is 18.2 Å². The summed E-state index contributed by atoms with van der Waals surface area (Å²) in [6.45, 7) is 1.44. The number of carbonyl (C=O) groups excluding carboxylic acids is 1. The number of hydrogen-bond donors (Lipinski definition) is 4. The van der Waals surface area contributed by atoms with Crippen molar-refractivity contribution in [1.82, 2.24) is 10.6 Å². The van der Waals surface area contributed by atoms with Crippen molar-refractivity contribution in [2.75, 3.05) is 39.2 Å². The minimum atomic E-state index is -0.874. The Hall–Kier alpha value is -1.70. The Balaban J connectivity index is 0.00000242. The van der Waals surface area contributed by atoms with Crippen LogP contribution in [0.5, 0.6) is 11.5 Å². The summed E-state index contributed by atoms with van der Waals surface area (Å²) in [6, 6.07) is 4.72. The average molecular weight is 332 g/mol. The number of hydrogen-bond acceptors (Lipinski definition) is 5. The van der Waals surface area contributed by atoms with Crippen molar-refractivity contribution < 1.29 is 19.4 Å². The topological polar surface area (TPSA) is 91.9 Å². The molecule has 1 aromatic rings. The molecule has 2 amide bonds. The molecule has 0 radical (unpaired) electrons. The highest BCUT2D eigenvalue weighted by Gasteiger charge is 2.31. The van der Waals surface area contributed by atoms with Crippen molar-refractivity contribution in [2.24, 2.45) is 0 Å². The van der Waals surface area contributed by atoms with Crippen LogP contribution in [0.25, 0.3) is 0 Å². The molecule has 1 aromatic carbocycles. The van der Waals surface area contributed by atoms with Gasteiger partial charge in [0.05, 0.1) is 25.5 Å². The normalized spacial score (nSPS) is 20.0. The molecule has 0 aliphatic carbocycles. The van der Waals surface area contributed by atoms with E-state index in [1.54, 1.807) is 25.3 Å². The third-order valence-electron chi connectivity index (χ3n) is 3.46. The lowest BCUT2D eigenvalue weighted by Gasteiger charge is -2.21. The highest BCUT2D eigenvalue weighted by Crippen LogP contribution is 2.28. The van der Waals surface area contributed by atoms with Crippen LogP contribution in [0.2, 0.25) is 0 Å². The summed E-state index contributed by atoms with van der Waals surface area (Å²) >= 11 is 0. The molecule has 1 saturated heterocycles. The first kappa shape index (κ1) is 18.3. The summed E-state index contributed by atoms with van der Waals surface area (Å²) < 4.78 is 10.3. The van der Waals surface area contributed by atoms with Gasteiger partial charge in [-0.05, 0) is 25.1 Å². The van der Waals surface area contributed by atoms with E-state index in [2.05, 4.69) is 16.0 Å². The third-order valence-corrected chi connectivity index (χ3v) is 3.46. The number of carbonyl (C=O) groups is 1. The Bertz CT molecular complexity index is 507. The van der Waals surface area contributed by atoms with E-state index >= 15 is 0 Å². The second-order valence-electron chi connectivity index (χ2n) is 5.03. The summed E-state index contributed by atoms with van der Waals surface area (Å²) in [4.78, 5) is 11.9. The number of β-amino-alcohol motifs (C(OH)–C–C–N with tert-alkyl or cyclic N) is 1. The van der Waals surface area contributed by atoms with Crippen LogP contribution in [0.4, 0.5) is 10.5 Å². The van der Waals surface area contributed by atoms with Gasteiger partial charge in [-0.3, -0.25) is 0 Å². The second-order valence-corrected chi connectivity index (χ2v) is 5.03. The summed E-state index contributed by atoms with van der Waals surface area (Å²) in [7, 11) is 3.08. The standard InChI is InChI=1S/C14H21N3O4.ClH/c1-20-10-3-4-11(12(7-10)21-2)17-13(18)16-9-14(19)5-6-15-8-14;/h3-4,7,15,19H,5-6,8-9H2,1-2H3,(H2,16,17,18);1H. The maximum absolute atomic E-state index is 11.9. The molecule has 22 heavy (non-hydrogen) atoms. The molecule has 124 valence electrons. The molecule has 1 unspecified atom stereocenters. The molecule has 1 fully saturated rings. The van der Waals surface area contributed by atoms with E-state index in [0.717, 1.165) is 6.54 Å². The van der Waals surface area contributed by atoms with E-state index in [1.807, 2.05) is 0 Å². The van der Waals surface area contributed by atoms with Gasteiger partial charge >= 0.3 is 6.03 Å². The van der Waals surface area contributed by atoms with E-state index < -0.39 is 11.6 Å². The number of nitrogens with one attached hydrogen (secondary N) is 3. The van der Waals surface area contributed by atoms with Gasteiger partial charge in [0.2, 0.25) is 0 Å². The van der Waals surface area contributed by atoms with E-state index in [-0.39, 0.29) is 19.0 Å². The average Bonchev–Trinajstić information content (AvgIpc) is 2.93. The lowest BCUT2D eigenvalue weighted by molar-refractivity contribution is 0.0640. The predicted octanol–water partition coefficient (Wildman–Crippen LogP) is 0.972. The first-order valence-corrected chi connectivity index (χ1v) is 6.76. The van der Waals surface area contributed by atoms with Crippen molar-refractivity contribution in [3.8, 4) is 11.5 Å². The summed E-state index contributed by atoms with van der Waals surface area (Å²) in [5.41, 5.74) is -0.339. The molecule has 1 aliphatic heterocycles. The number of halogens is 1. The first-order valence-electron chi connectivity index (χ1n) is 6.76. The zero-order valence-corrected chi connectivity index (χ0v) is 13.5. The van der Waals surface area contributed by atoms with Gasteiger partial charge in [-0.15, -0.1) is 12.4 Å². The van der Waals surface area contributed by atoms with Crippen molar-refractivity contribution in [3.63, 3.8) is 0 Å². The fraction of sp³-hybridized carbons (Fsp3) is 0.500. The SMILES string of the molecule is COc1ccc(NC(=O)NCC2(O)CCNC2)c(OC)c1.Cl. The molecule has 0 saturated carbocycles. The van der Waals surface area contributed by atoms with Gasteiger partial charge in [0.25, 0.3) is 0 Å². The molecule has 0 bridgehead atoms. The monoisotopic (exact) mass is 331 g/mol. The maximum atomic E-state index is 11.9. The summed E-state index contributed by atoms with van der Waals surface area (Å²) in [5.74, 6) is 1.15. The minimum absolute atomic E-state index is 0. The molecule has 0 spiro atoms. The van der Waals surface area contributed by atoms with Crippen molar-refractivity contribution >= 4 is 24.1 Å². The second kappa shape index (κ2) is 8.07. The first-order chi connectivity index (χ1) is 10.1. The Kier molecular flexibility index (Phi) is 6.73. The van der Waals surface area contributed by atoms with Gasteiger partial charge in [-0.2, -0.15) is 0 Å². The molecule has 1 heterocycles. The Morgan fingerprint density at radius 2 is 2.18 bits per heavy atom. The van der Waals surface area contributed by atoms with Crippen LogP contribution in [0, 0.1) is 0 Å². The molecule has 4 N–H and O–H groups in total. The lowest BCUT2D eigenvalue weighted by Crippen LogP contribution is -2.45. The third kappa shape index (κ3) is 4.66. The Morgan fingerprint density at radius 3 is 2.77 bits per heavy atom. The van der Waals surface area contributed by atoms with Crippen LogP contribution in [0.1, 0.15) is 6.42 Å². The Labute approximate surface area is 135 Å². The lowest BCUT2D eigenvalue weighted by atomic mass is 10.0. The largest absolute Gasteiger partial charge is 0.497 e. The fourth-order valence-electron chi connectivity index (χ4n) is 2.19. The van der Waals surface area contributed by atoms with Gasteiger partial charge in [-0.25, -0.2) is 4.79 Å². The molecule has 1 aliphatic rings. The van der Waals surface area contributed by atoms with E-state index in [4.69, 9.17) is 9.47 Å².